The minimum absolute atomic E-state index is 0.402. The van der Waals surface area contributed by atoms with Gasteiger partial charge in [0.2, 0.25) is 0 Å². The van der Waals surface area contributed by atoms with E-state index in [9.17, 15) is 4.79 Å². The summed E-state index contributed by atoms with van der Waals surface area (Å²) in [5, 5.41) is 0.743. The van der Waals surface area contributed by atoms with Gasteiger partial charge in [0.15, 0.2) is 0 Å². The van der Waals surface area contributed by atoms with Crippen LogP contribution in [0.2, 0.25) is 5.02 Å². The molecule has 1 fully saturated rings. The van der Waals surface area contributed by atoms with Crippen LogP contribution in [0.3, 0.4) is 0 Å². The SMILES string of the molecule is COc1ccc(Cl)cc1CC1CCC(=O)CC1. The summed E-state index contributed by atoms with van der Waals surface area (Å²) in [6.07, 6.45) is 4.40. The molecule has 0 amide bonds. The number of ketones is 1. The molecular weight excluding hydrogens is 236 g/mol. The van der Waals surface area contributed by atoms with Crippen LogP contribution in [-0.4, -0.2) is 12.9 Å². The molecule has 2 rings (SSSR count). The van der Waals surface area contributed by atoms with E-state index in [0.29, 0.717) is 11.7 Å². The number of halogens is 1. The average Bonchev–Trinajstić information content (AvgIpc) is 2.32. The zero-order chi connectivity index (χ0) is 12.3. The number of hydrogen-bond acceptors (Lipinski definition) is 2. The fourth-order valence-electron chi connectivity index (χ4n) is 2.42. The quantitative estimate of drug-likeness (QED) is 0.821. The summed E-state index contributed by atoms with van der Waals surface area (Å²) in [4.78, 5) is 11.2. The lowest BCUT2D eigenvalue weighted by Crippen LogP contribution is -2.16. The maximum absolute atomic E-state index is 11.2. The van der Waals surface area contributed by atoms with Crippen molar-refractivity contribution < 1.29 is 9.53 Å². The first-order valence-corrected chi connectivity index (χ1v) is 6.41. The molecule has 0 unspecified atom stereocenters. The van der Waals surface area contributed by atoms with Crippen LogP contribution in [0, 0.1) is 5.92 Å². The van der Waals surface area contributed by atoms with Crippen molar-refractivity contribution in [1.29, 1.82) is 0 Å². The van der Waals surface area contributed by atoms with E-state index in [1.165, 1.54) is 0 Å². The lowest BCUT2D eigenvalue weighted by atomic mass is 9.84. The highest BCUT2D eigenvalue weighted by molar-refractivity contribution is 6.30. The first-order chi connectivity index (χ1) is 8.19. The monoisotopic (exact) mass is 252 g/mol. The summed E-state index contributed by atoms with van der Waals surface area (Å²) < 4.78 is 5.34. The number of methoxy groups -OCH3 is 1. The predicted octanol–water partition coefficient (Wildman–Crippen LogP) is 3.65. The highest BCUT2D eigenvalue weighted by atomic mass is 35.5. The van der Waals surface area contributed by atoms with Gasteiger partial charge in [-0.1, -0.05) is 11.6 Å². The van der Waals surface area contributed by atoms with Crippen molar-refractivity contribution >= 4 is 17.4 Å². The Bertz CT molecular complexity index is 405. The maximum atomic E-state index is 11.2. The van der Waals surface area contributed by atoms with Gasteiger partial charge in [-0.25, -0.2) is 0 Å². The Morgan fingerprint density at radius 3 is 2.71 bits per heavy atom. The third-order valence-electron chi connectivity index (χ3n) is 3.41. The van der Waals surface area contributed by atoms with Crippen molar-refractivity contribution in [2.45, 2.75) is 32.1 Å². The molecule has 1 aliphatic rings. The van der Waals surface area contributed by atoms with Gasteiger partial charge in [0.25, 0.3) is 0 Å². The van der Waals surface area contributed by atoms with Gasteiger partial charge in [0, 0.05) is 17.9 Å². The lowest BCUT2D eigenvalue weighted by Gasteiger charge is -2.21. The van der Waals surface area contributed by atoms with Crippen molar-refractivity contribution in [2.24, 2.45) is 5.92 Å². The molecular formula is C14H17ClO2. The van der Waals surface area contributed by atoms with Crippen molar-refractivity contribution in [3.05, 3.63) is 28.8 Å². The van der Waals surface area contributed by atoms with Gasteiger partial charge < -0.3 is 4.74 Å². The molecule has 92 valence electrons. The second-order valence-electron chi connectivity index (χ2n) is 4.64. The van der Waals surface area contributed by atoms with Gasteiger partial charge >= 0.3 is 0 Å². The van der Waals surface area contributed by atoms with Crippen LogP contribution in [0.15, 0.2) is 18.2 Å². The molecule has 0 N–H and O–H groups in total. The number of benzene rings is 1. The van der Waals surface area contributed by atoms with E-state index in [-0.39, 0.29) is 0 Å². The molecule has 1 aliphatic carbocycles. The van der Waals surface area contributed by atoms with Gasteiger partial charge in [-0.2, -0.15) is 0 Å². The summed E-state index contributed by atoms with van der Waals surface area (Å²) >= 11 is 6.00. The molecule has 1 aromatic rings. The van der Waals surface area contributed by atoms with Crippen molar-refractivity contribution in [1.82, 2.24) is 0 Å². The van der Waals surface area contributed by atoms with Crippen LogP contribution in [0.1, 0.15) is 31.2 Å². The normalized spacial score (nSPS) is 17.2. The van der Waals surface area contributed by atoms with E-state index < -0.39 is 0 Å². The molecule has 0 spiro atoms. The Morgan fingerprint density at radius 1 is 1.35 bits per heavy atom. The van der Waals surface area contributed by atoms with Gasteiger partial charge in [-0.3, -0.25) is 4.79 Å². The molecule has 0 atom stereocenters. The number of hydrogen-bond donors (Lipinski definition) is 0. The third-order valence-corrected chi connectivity index (χ3v) is 3.65. The standard InChI is InChI=1S/C14H17ClO2/c1-17-14-7-4-12(15)9-11(14)8-10-2-5-13(16)6-3-10/h4,7,9-10H,2-3,5-6,8H2,1H3. The first kappa shape index (κ1) is 12.4. The zero-order valence-corrected chi connectivity index (χ0v) is 10.8. The molecule has 1 saturated carbocycles. The Balaban J connectivity index is 2.07. The van der Waals surface area contributed by atoms with Crippen molar-refractivity contribution in [3.8, 4) is 5.75 Å². The Kier molecular flexibility index (Phi) is 4.06. The summed E-state index contributed by atoms with van der Waals surface area (Å²) in [6, 6.07) is 5.72. The lowest BCUT2D eigenvalue weighted by molar-refractivity contribution is -0.120. The number of carbonyl (C=O) groups is 1. The largest absolute Gasteiger partial charge is 0.496 e. The topological polar surface area (TPSA) is 26.3 Å². The molecule has 0 aliphatic heterocycles. The maximum Gasteiger partial charge on any atom is 0.132 e. The highest BCUT2D eigenvalue weighted by Gasteiger charge is 2.20. The zero-order valence-electron chi connectivity index (χ0n) is 10.0. The molecule has 0 aromatic heterocycles. The highest BCUT2D eigenvalue weighted by Crippen LogP contribution is 2.30. The minimum atomic E-state index is 0.402. The first-order valence-electron chi connectivity index (χ1n) is 6.03. The molecule has 2 nitrogen and oxygen atoms in total. The van der Waals surface area contributed by atoms with Crippen LogP contribution in [-0.2, 0) is 11.2 Å². The Morgan fingerprint density at radius 2 is 2.06 bits per heavy atom. The number of Topliss-reactive ketones (excluding diaryl/α,β-unsaturated/α-hetero) is 1. The van der Waals surface area contributed by atoms with Crippen molar-refractivity contribution in [2.75, 3.05) is 7.11 Å². The van der Waals surface area contributed by atoms with E-state index in [2.05, 4.69) is 0 Å². The van der Waals surface area contributed by atoms with Gasteiger partial charge in [-0.15, -0.1) is 0 Å². The summed E-state index contributed by atoms with van der Waals surface area (Å²) in [6.45, 7) is 0. The Labute approximate surface area is 107 Å². The second kappa shape index (κ2) is 5.54. The second-order valence-corrected chi connectivity index (χ2v) is 5.08. The van der Waals surface area contributed by atoms with Crippen LogP contribution in [0.4, 0.5) is 0 Å². The number of ether oxygens (including phenoxy) is 1. The average molecular weight is 253 g/mol. The molecule has 0 bridgehead atoms. The molecule has 17 heavy (non-hydrogen) atoms. The van der Waals surface area contributed by atoms with Crippen LogP contribution >= 0.6 is 11.6 Å². The molecule has 0 saturated heterocycles. The molecule has 0 radical (unpaired) electrons. The third kappa shape index (κ3) is 3.22. The van der Waals surface area contributed by atoms with E-state index in [4.69, 9.17) is 16.3 Å². The fraction of sp³-hybridized carbons (Fsp3) is 0.500. The van der Waals surface area contributed by atoms with Crippen LogP contribution < -0.4 is 4.74 Å². The van der Waals surface area contributed by atoms with Gasteiger partial charge in [-0.05, 0) is 48.9 Å². The molecule has 3 heteroatoms. The molecule has 1 aromatic carbocycles. The Hall–Kier alpha value is -1.02. The van der Waals surface area contributed by atoms with E-state index in [1.54, 1.807) is 7.11 Å². The van der Waals surface area contributed by atoms with E-state index in [1.807, 2.05) is 18.2 Å². The van der Waals surface area contributed by atoms with E-state index in [0.717, 1.165) is 48.4 Å². The molecule has 0 heterocycles. The van der Waals surface area contributed by atoms with Crippen LogP contribution in [0.5, 0.6) is 5.75 Å². The summed E-state index contributed by atoms with van der Waals surface area (Å²) in [7, 11) is 1.68. The smallest absolute Gasteiger partial charge is 0.132 e. The fourth-order valence-corrected chi connectivity index (χ4v) is 2.62. The van der Waals surface area contributed by atoms with E-state index >= 15 is 0 Å². The number of carbonyl (C=O) groups excluding carboxylic acids is 1. The summed E-state index contributed by atoms with van der Waals surface area (Å²) in [5.41, 5.74) is 1.15. The minimum Gasteiger partial charge on any atom is -0.496 e. The number of rotatable bonds is 3. The van der Waals surface area contributed by atoms with Gasteiger partial charge in [0.05, 0.1) is 7.11 Å². The van der Waals surface area contributed by atoms with Crippen molar-refractivity contribution in [3.63, 3.8) is 0 Å². The van der Waals surface area contributed by atoms with Gasteiger partial charge in [0.1, 0.15) is 11.5 Å². The summed E-state index contributed by atoms with van der Waals surface area (Å²) in [5.74, 6) is 1.88. The predicted molar refractivity (Wildman–Crippen MR) is 68.7 cm³/mol. The van der Waals surface area contributed by atoms with Crippen LogP contribution in [0.25, 0.3) is 0 Å².